The summed E-state index contributed by atoms with van der Waals surface area (Å²) >= 11 is 0. The highest BCUT2D eigenvalue weighted by Gasteiger charge is 2.01. The molecule has 1 aromatic heterocycles. The lowest BCUT2D eigenvalue weighted by Crippen LogP contribution is -2.39. The Morgan fingerprint density at radius 2 is 1.91 bits per heavy atom. The van der Waals surface area contributed by atoms with E-state index in [0.29, 0.717) is 25.3 Å². The Hall–Kier alpha value is -2.63. The number of amides is 2. The fraction of sp³-hybridized carbons (Fsp3) is 0.312. The Balaban J connectivity index is 1.66. The summed E-state index contributed by atoms with van der Waals surface area (Å²) in [6.07, 6.45) is 2.28. The summed E-state index contributed by atoms with van der Waals surface area (Å²) in [5.74, 6) is 0. The molecule has 0 aliphatic heterocycles. The molecule has 1 heterocycles. The molecule has 0 unspecified atom stereocenters. The van der Waals surface area contributed by atoms with Crippen molar-refractivity contribution >= 4 is 6.03 Å². The number of hydrogen-bond donors (Lipinski definition) is 2. The van der Waals surface area contributed by atoms with Crippen molar-refractivity contribution in [3.8, 4) is 0 Å². The number of aryl methyl sites for hydroxylation is 1. The largest absolute Gasteiger partial charge is 0.338 e. The van der Waals surface area contributed by atoms with Gasteiger partial charge in [-0.25, -0.2) is 9.78 Å². The Bertz CT molecular complexity index is 667. The molecule has 0 atom stereocenters. The Morgan fingerprint density at radius 3 is 2.64 bits per heavy atom. The highest BCUT2D eigenvalue weighted by Crippen LogP contribution is 1.97. The summed E-state index contributed by atoms with van der Waals surface area (Å²) in [6.45, 7) is 3.12. The van der Waals surface area contributed by atoms with Gasteiger partial charge in [0, 0.05) is 31.4 Å². The molecular formula is C16H20N4O2. The summed E-state index contributed by atoms with van der Waals surface area (Å²) in [4.78, 5) is 27.3. The van der Waals surface area contributed by atoms with Crippen LogP contribution in [0.1, 0.15) is 11.3 Å². The SMILES string of the molecule is Cc1cc(=O)n(CCNC(=O)NCCc2ccccc2)cn1. The van der Waals surface area contributed by atoms with Crippen molar-refractivity contribution in [3.63, 3.8) is 0 Å². The van der Waals surface area contributed by atoms with Gasteiger partial charge in [0.1, 0.15) is 0 Å². The highest BCUT2D eigenvalue weighted by molar-refractivity contribution is 5.73. The van der Waals surface area contributed by atoms with E-state index in [0.717, 1.165) is 6.42 Å². The zero-order chi connectivity index (χ0) is 15.8. The van der Waals surface area contributed by atoms with Crippen LogP contribution >= 0.6 is 0 Å². The monoisotopic (exact) mass is 300 g/mol. The molecule has 0 spiro atoms. The van der Waals surface area contributed by atoms with Gasteiger partial charge in [-0.15, -0.1) is 0 Å². The van der Waals surface area contributed by atoms with Crippen LogP contribution in [0.15, 0.2) is 47.5 Å². The van der Waals surface area contributed by atoms with Gasteiger partial charge < -0.3 is 10.6 Å². The number of hydrogen-bond acceptors (Lipinski definition) is 3. The average molecular weight is 300 g/mol. The smallest absolute Gasteiger partial charge is 0.314 e. The number of carbonyl (C=O) groups excluding carboxylic acids is 1. The minimum atomic E-state index is -0.232. The molecule has 6 heteroatoms. The van der Waals surface area contributed by atoms with E-state index in [1.165, 1.54) is 22.5 Å². The second-order valence-electron chi connectivity index (χ2n) is 4.98. The number of aromatic nitrogens is 2. The molecule has 6 nitrogen and oxygen atoms in total. The van der Waals surface area contributed by atoms with Gasteiger partial charge >= 0.3 is 6.03 Å². The van der Waals surface area contributed by atoms with Crippen LogP contribution < -0.4 is 16.2 Å². The van der Waals surface area contributed by atoms with Crippen LogP contribution in [0.2, 0.25) is 0 Å². The van der Waals surface area contributed by atoms with Crippen LogP contribution in [0.5, 0.6) is 0 Å². The fourth-order valence-electron chi connectivity index (χ4n) is 2.00. The number of benzene rings is 1. The minimum Gasteiger partial charge on any atom is -0.338 e. The first-order valence-corrected chi connectivity index (χ1v) is 7.24. The summed E-state index contributed by atoms with van der Waals surface area (Å²) in [7, 11) is 0. The summed E-state index contributed by atoms with van der Waals surface area (Å²) < 4.78 is 1.47. The first-order valence-electron chi connectivity index (χ1n) is 7.24. The molecule has 0 saturated carbocycles. The molecule has 0 aliphatic carbocycles. The van der Waals surface area contributed by atoms with E-state index in [9.17, 15) is 9.59 Å². The van der Waals surface area contributed by atoms with Gasteiger partial charge in [-0.3, -0.25) is 9.36 Å². The van der Waals surface area contributed by atoms with Gasteiger partial charge in [-0.2, -0.15) is 0 Å². The standard InChI is InChI=1S/C16H20N4O2/c1-13-11-15(21)20(12-19-13)10-9-18-16(22)17-8-7-14-5-3-2-4-6-14/h2-6,11-12H,7-10H2,1H3,(H2,17,18,22). The number of urea groups is 1. The van der Waals surface area contributed by atoms with Gasteiger partial charge in [0.15, 0.2) is 0 Å². The lowest BCUT2D eigenvalue weighted by Gasteiger charge is -2.09. The lowest BCUT2D eigenvalue weighted by atomic mass is 10.1. The molecule has 2 amide bonds. The fourth-order valence-corrected chi connectivity index (χ4v) is 2.00. The second kappa shape index (κ2) is 7.97. The van der Waals surface area contributed by atoms with Gasteiger partial charge in [0.25, 0.3) is 5.56 Å². The van der Waals surface area contributed by atoms with Crippen LogP contribution in [0.4, 0.5) is 4.79 Å². The zero-order valence-electron chi connectivity index (χ0n) is 12.6. The molecule has 2 N–H and O–H groups in total. The van der Waals surface area contributed by atoms with Gasteiger partial charge in [0.05, 0.1) is 6.33 Å². The van der Waals surface area contributed by atoms with Crippen LogP contribution in [0, 0.1) is 6.92 Å². The lowest BCUT2D eigenvalue weighted by molar-refractivity contribution is 0.240. The summed E-state index contributed by atoms with van der Waals surface area (Å²) in [5, 5.41) is 5.51. The van der Waals surface area contributed by atoms with Crippen molar-refractivity contribution in [3.05, 3.63) is 64.3 Å². The predicted octanol–water partition coefficient (Wildman–Crippen LogP) is 1.09. The highest BCUT2D eigenvalue weighted by atomic mass is 16.2. The molecule has 2 rings (SSSR count). The Labute approximate surface area is 129 Å². The first kappa shape index (κ1) is 15.8. The van der Waals surface area contributed by atoms with Crippen molar-refractivity contribution in [2.24, 2.45) is 0 Å². The van der Waals surface area contributed by atoms with E-state index in [4.69, 9.17) is 0 Å². The molecule has 2 aromatic rings. The molecule has 22 heavy (non-hydrogen) atoms. The van der Waals surface area contributed by atoms with Crippen LogP contribution in [-0.2, 0) is 13.0 Å². The maximum absolute atomic E-state index is 11.6. The molecule has 0 fully saturated rings. The van der Waals surface area contributed by atoms with E-state index >= 15 is 0 Å². The van der Waals surface area contributed by atoms with Crippen molar-refractivity contribution < 1.29 is 4.79 Å². The van der Waals surface area contributed by atoms with E-state index < -0.39 is 0 Å². The van der Waals surface area contributed by atoms with Crippen molar-refractivity contribution in [2.45, 2.75) is 19.9 Å². The normalized spacial score (nSPS) is 10.2. The first-order chi connectivity index (χ1) is 10.6. The maximum atomic E-state index is 11.6. The molecule has 0 bridgehead atoms. The van der Waals surface area contributed by atoms with Gasteiger partial charge in [0.2, 0.25) is 0 Å². The molecule has 0 saturated heterocycles. The van der Waals surface area contributed by atoms with Crippen LogP contribution in [0.3, 0.4) is 0 Å². The summed E-state index contributed by atoms with van der Waals surface area (Å²) in [6, 6.07) is 11.2. The molecular weight excluding hydrogens is 280 g/mol. The Kier molecular flexibility index (Phi) is 5.71. The van der Waals surface area contributed by atoms with E-state index in [-0.39, 0.29) is 11.6 Å². The molecule has 0 radical (unpaired) electrons. The average Bonchev–Trinajstić information content (AvgIpc) is 2.50. The zero-order valence-corrected chi connectivity index (χ0v) is 12.6. The van der Waals surface area contributed by atoms with Crippen molar-refractivity contribution in [1.82, 2.24) is 20.2 Å². The minimum absolute atomic E-state index is 0.112. The molecule has 1 aromatic carbocycles. The van der Waals surface area contributed by atoms with Crippen LogP contribution in [-0.4, -0.2) is 28.7 Å². The summed E-state index contributed by atoms with van der Waals surface area (Å²) in [5.41, 5.74) is 1.76. The number of nitrogens with one attached hydrogen (secondary N) is 2. The number of rotatable bonds is 6. The quantitative estimate of drug-likeness (QED) is 0.838. The van der Waals surface area contributed by atoms with E-state index in [2.05, 4.69) is 15.6 Å². The number of nitrogens with zero attached hydrogens (tertiary/aromatic N) is 2. The van der Waals surface area contributed by atoms with Crippen molar-refractivity contribution in [1.29, 1.82) is 0 Å². The van der Waals surface area contributed by atoms with E-state index in [1.54, 1.807) is 6.92 Å². The predicted molar refractivity (Wildman–Crippen MR) is 84.8 cm³/mol. The third kappa shape index (κ3) is 5.05. The third-order valence-electron chi connectivity index (χ3n) is 3.20. The number of carbonyl (C=O) groups is 1. The third-order valence-corrected chi connectivity index (χ3v) is 3.20. The molecule has 0 aliphatic rings. The molecule has 116 valence electrons. The van der Waals surface area contributed by atoms with Crippen LogP contribution in [0.25, 0.3) is 0 Å². The van der Waals surface area contributed by atoms with Gasteiger partial charge in [-0.05, 0) is 18.9 Å². The second-order valence-corrected chi connectivity index (χ2v) is 4.98. The van der Waals surface area contributed by atoms with E-state index in [1.807, 2.05) is 30.3 Å². The van der Waals surface area contributed by atoms with Crippen molar-refractivity contribution in [2.75, 3.05) is 13.1 Å². The van der Waals surface area contributed by atoms with Gasteiger partial charge in [-0.1, -0.05) is 30.3 Å². The Morgan fingerprint density at radius 1 is 1.18 bits per heavy atom. The maximum Gasteiger partial charge on any atom is 0.314 e. The topological polar surface area (TPSA) is 76.0 Å².